The molecule has 21 heavy (non-hydrogen) atoms. The molecule has 0 bridgehead atoms. The molecule has 0 amide bonds. The van der Waals surface area contributed by atoms with Gasteiger partial charge < -0.3 is 10.8 Å². The molecule has 1 unspecified atom stereocenters. The molecule has 2 rings (SSSR count). The van der Waals surface area contributed by atoms with Gasteiger partial charge in [0, 0.05) is 25.4 Å². The van der Waals surface area contributed by atoms with E-state index in [1.165, 1.54) is 0 Å². The van der Waals surface area contributed by atoms with Gasteiger partial charge in [0.05, 0.1) is 22.5 Å². The molecule has 2 aromatic rings. The monoisotopic (exact) mass is 351 g/mol. The van der Waals surface area contributed by atoms with Crippen molar-refractivity contribution in [2.45, 2.75) is 25.2 Å². The van der Waals surface area contributed by atoms with Gasteiger partial charge in [0.2, 0.25) is 0 Å². The van der Waals surface area contributed by atoms with Crippen molar-refractivity contribution in [2.75, 3.05) is 13.2 Å². The fourth-order valence-corrected chi connectivity index (χ4v) is 3.38. The Morgan fingerprint density at radius 3 is 2.48 bits per heavy atom. The molecule has 0 aliphatic rings. The van der Waals surface area contributed by atoms with Crippen LogP contribution in [0.2, 0.25) is 0 Å². The molecule has 1 heterocycles. The van der Waals surface area contributed by atoms with Crippen molar-refractivity contribution in [2.24, 2.45) is 12.8 Å². The lowest BCUT2D eigenvalue weighted by Gasteiger charge is -2.31. The lowest BCUT2D eigenvalue weighted by Crippen LogP contribution is -2.41. The summed E-state index contributed by atoms with van der Waals surface area (Å²) >= 11 is 3.64. The summed E-state index contributed by atoms with van der Waals surface area (Å²) in [6.45, 7) is 2.47. The second kappa shape index (κ2) is 6.73. The maximum atomic E-state index is 10.0. The summed E-state index contributed by atoms with van der Waals surface area (Å²) < 4.78 is 2.90. The summed E-state index contributed by atoms with van der Waals surface area (Å²) in [6.07, 6.45) is 1.52. The Morgan fingerprint density at radius 2 is 2.00 bits per heavy atom. The largest absolute Gasteiger partial charge is 0.395 e. The Kier molecular flexibility index (Phi) is 5.19. The lowest BCUT2D eigenvalue weighted by molar-refractivity contribution is 0.194. The lowest BCUT2D eigenvalue weighted by atomic mass is 9.77. The summed E-state index contributed by atoms with van der Waals surface area (Å²) in [5.41, 5.74) is 8.70. The maximum absolute atomic E-state index is 10.0. The summed E-state index contributed by atoms with van der Waals surface area (Å²) in [7, 11) is 1.93. The first-order valence-electron chi connectivity index (χ1n) is 7.14. The van der Waals surface area contributed by atoms with Crippen LogP contribution in [-0.4, -0.2) is 28.0 Å². The number of halogens is 1. The van der Waals surface area contributed by atoms with Gasteiger partial charge in [0.25, 0.3) is 0 Å². The van der Waals surface area contributed by atoms with E-state index >= 15 is 0 Å². The minimum absolute atomic E-state index is 0.00654. The Morgan fingerprint density at radius 1 is 1.33 bits per heavy atom. The second-order valence-corrected chi connectivity index (χ2v) is 6.16. The third-order valence-corrected chi connectivity index (χ3v) is 5.00. The van der Waals surface area contributed by atoms with Crippen LogP contribution in [0.25, 0.3) is 0 Å². The van der Waals surface area contributed by atoms with Crippen molar-refractivity contribution in [3.8, 4) is 0 Å². The van der Waals surface area contributed by atoms with Crippen LogP contribution in [0.5, 0.6) is 0 Å². The maximum Gasteiger partial charge on any atom is 0.0766 e. The molecular formula is C16H22BrN3O. The normalized spacial score (nSPS) is 14.1. The van der Waals surface area contributed by atoms with E-state index in [4.69, 9.17) is 5.73 Å². The van der Waals surface area contributed by atoms with Gasteiger partial charge in [-0.2, -0.15) is 5.10 Å². The number of nitrogens with two attached hydrogens (primary N) is 1. The van der Waals surface area contributed by atoms with Crippen molar-refractivity contribution in [1.82, 2.24) is 9.78 Å². The van der Waals surface area contributed by atoms with E-state index < -0.39 is 5.41 Å². The fraction of sp³-hybridized carbons (Fsp3) is 0.438. The number of hydrogen-bond donors (Lipinski definition) is 2. The molecule has 0 saturated heterocycles. The molecule has 5 heteroatoms. The highest BCUT2D eigenvalue weighted by Crippen LogP contribution is 2.31. The summed E-state index contributed by atoms with van der Waals surface area (Å²) in [5.74, 6) is 0. The van der Waals surface area contributed by atoms with Crippen molar-refractivity contribution in [3.63, 3.8) is 0 Å². The fourth-order valence-electron chi connectivity index (χ4n) is 2.63. The molecule has 0 radical (unpaired) electrons. The van der Waals surface area contributed by atoms with Crippen molar-refractivity contribution in [3.05, 3.63) is 51.8 Å². The Labute approximate surface area is 134 Å². The Bertz CT molecular complexity index is 591. The van der Waals surface area contributed by atoms with Crippen LogP contribution >= 0.6 is 15.9 Å². The van der Waals surface area contributed by atoms with Gasteiger partial charge in [-0.15, -0.1) is 0 Å². The number of nitrogens with zero attached hydrogens (tertiary/aromatic N) is 2. The van der Waals surface area contributed by atoms with Crippen LogP contribution in [0.1, 0.15) is 23.9 Å². The van der Waals surface area contributed by atoms with E-state index in [1.54, 1.807) is 0 Å². The van der Waals surface area contributed by atoms with Crippen molar-refractivity contribution < 1.29 is 5.11 Å². The van der Waals surface area contributed by atoms with E-state index in [0.29, 0.717) is 13.0 Å². The van der Waals surface area contributed by atoms with Gasteiger partial charge in [-0.05, 0) is 27.9 Å². The van der Waals surface area contributed by atoms with Gasteiger partial charge in [0.1, 0.15) is 0 Å². The van der Waals surface area contributed by atoms with E-state index in [0.717, 1.165) is 27.8 Å². The highest BCUT2D eigenvalue weighted by Gasteiger charge is 2.33. The number of aromatic nitrogens is 2. The van der Waals surface area contributed by atoms with Crippen molar-refractivity contribution >= 4 is 15.9 Å². The van der Waals surface area contributed by atoms with Crippen molar-refractivity contribution in [1.29, 1.82) is 0 Å². The summed E-state index contributed by atoms with van der Waals surface area (Å²) in [6, 6.07) is 9.97. The third-order valence-electron chi connectivity index (χ3n) is 4.09. The molecule has 1 aromatic heterocycles. The van der Waals surface area contributed by atoms with E-state index in [2.05, 4.69) is 28.0 Å². The summed E-state index contributed by atoms with van der Waals surface area (Å²) in [4.78, 5) is 0. The number of aliphatic hydroxyl groups excluding tert-OH is 1. The topological polar surface area (TPSA) is 64.1 Å². The summed E-state index contributed by atoms with van der Waals surface area (Å²) in [5, 5.41) is 14.5. The first kappa shape index (κ1) is 16.2. The molecular weight excluding hydrogens is 330 g/mol. The Balaban J connectivity index is 2.44. The van der Waals surface area contributed by atoms with Crippen LogP contribution < -0.4 is 5.73 Å². The molecule has 1 atom stereocenters. The van der Waals surface area contributed by atoms with Crippen LogP contribution in [0.15, 0.2) is 34.8 Å². The average molecular weight is 352 g/mol. The zero-order valence-electron chi connectivity index (χ0n) is 12.5. The van der Waals surface area contributed by atoms with Crippen LogP contribution in [-0.2, 0) is 25.3 Å². The van der Waals surface area contributed by atoms with E-state index in [1.807, 2.05) is 42.1 Å². The molecule has 1 aromatic carbocycles. The number of benzene rings is 1. The van der Waals surface area contributed by atoms with Crippen LogP contribution in [0.4, 0.5) is 0 Å². The smallest absolute Gasteiger partial charge is 0.0766 e. The molecule has 0 aliphatic heterocycles. The Hall–Kier alpha value is -1.17. The van der Waals surface area contributed by atoms with Gasteiger partial charge in [-0.3, -0.25) is 4.68 Å². The highest BCUT2D eigenvalue weighted by atomic mass is 79.9. The van der Waals surface area contributed by atoms with Gasteiger partial charge in [-0.1, -0.05) is 37.3 Å². The number of aliphatic hydroxyl groups is 1. The molecule has 0 aliphatic carbocycles. The minimum atomic E-state index is -0.484. The first-order valence-corrected chi connectivity index (χ1v) is 7.94. The van der Waals surface area contributed by atoms with Gasteiger partial charge in [-0.25, -0.2) is 0 Å². The number of aryl methyl sites for hydroxylation is 2. The molecule has 0 spiro atoms. The van der Waals surface area contributed by atoms with Crippen LogP contribution in [0.3, 0.4) is 0 Å². The molecule has 114 valence electrons. The number of rotatable bonds is 6. The zero-order valence-corrected chi connectivity index (χ0v) is 14.1. The third kappa shape index (κ3) is 3.05. The standard InChI is InChI=1S/C16H22BrN3O/c1-3-13-15(17)14(20(2)19-13)9-16(10-18,11-21)12-7-5-4-6-8-12/h4-8,21H,3,9-11,18H2,1-2H3. The predicted molar refractivity (Wildman–Crippen MR) is 88.3 cm³/mol. The van der Waals surface area contributed by atoms with E-state index in [-0.39, 0.29) is 6.61 Å². The predicted octanol–water partition coefficient (Wildman–Crippen LogP) is 2.18. The zero-order chi connectivity index (χ0) is 15.5. The molecule has 3 N–H and O–H groups in total. The van der Waals surface area contributed by atoms with Gasteiger partial charge in [0.15, 0.2) is 0 Å². The SMILES string of the molecule is CCc1nn(C)c(CC(CN)(CO)c2ccccc2)c1Br. The molecule has 0 fully saturated rings. The first-order chi connectivity index (χ1) is 10.1. The quantitative estimate of drug-likeness (QED) is 0.838. The number of hydrogen-bond acceptors (Lipinski definition) is 3. The van der Waals surface area contributed by atoms with Gasteiger partial charge >= 0.3 is 0 Å². The average Bonchev–Trinajstić information content (AvgIpc) is 2.80. The second-order valence-electron chi connectivity index (χ2n) is 5.37. The molecule has 0 saturated carbocycles. The van der Waals surface area contributed by atoms with Crippen LogP contribution in [0, 0.1) is 0 Å². The molecule has 4 nitrogen and oxygen atoms in total. The van der Waals surface area contributed by atoms with E-state index in [9.17, 15) is 5.11 Å². The highest BCUT2D eigenvalue weighted by molar-refractivity contribution is 9.10. The minimum Gasteiger partial charge on any atom is -0.395 e.